The van der Waals surface area contributed by atoms with E-state index in [2.05, 4.69) is 4.98 Å². The van der Waals surface area contributed by atoms with Crippen molar-refractivity contribution in [2.24, 2.45) is 0 Å². The number of fused-ring (bicyclic) bond motifs is 1. The quantitative estimate of drug-likeness (QED) is 0.567. The third-order valence-corrected chi connectivity index (χ3v) is 5.04. The van der Waals surface area contributed by atoms with Crippen LogP contribution in [0.5, 0.6) is 0 Å². The number of esters is 1. The zero-order chi connectivity index (χ0) is 15.0. The average molecular weight is 340 g/mol. The van der Waals surface area contributed by atoms with Crippen molar-refractivity contribution in [3.8, 4) is 0 Å². The molecular weight excluding hydrogens is 330 g/mol. The molecule has 0 bridgehead atoms. The molecule has 7 heteroatoms. The van der Waals surface area contributed by atoms with Crippen LogP contribution in [0.1, 0.15) is 32.6 Å². The smallest absolute Gasteiger partial charge is 0.355 e. The number of H-pyrrole nitrogens is 1. The molecule has 0 saturated carbocycles. The van der Waals surface area contributed by atoms with Gasteiger partial charge < -0.3 is 9.72 Å². The van der Waals surface area contributed by atoms with E-state index in [1.807, 2.05) is 5.38 Å². The van der Waals surface area contributed by atoms with Crippen LogP contribution in [0, 0.1) is 0 Å². The molecule has 3 heterocycles. The van der Waals surface area contributed by atoms with Gasteiger partial charge in [-0.2, -0.15) is 0 Å². The van der Waals surface area contributed by atoms with Gasteiger partial charge in [-0.1, -0.05) is 17.7 Å². The van der Waals surface area contributed by atoms with Gasteiger partial charge in [0.05, 0.1) is 31.6 Å². The van der Waals surface area contributed by atoms with Crippen LogP contribution in [0.4, 0.5) is 0 Å². The van der Waals surface area contributed by atoms with Crippen molar-refractivity contribution in [3.05, 3.63) is 44.1 Å². The Morgan fingerprint density at radius 1 is 1.43 bits per heavy atom. The Hall–Kier alpha value is -1.63. The number of carbonyl (C=O) groups excluding carboxylic acids is 2. The number of halogens is 1. The summed E-state index contributed by atoms with van der Waals surface area (Å²) in [5.41, 5.74) is 1.20. The van der Waals surface area contributed by atoms with Crippen LogP contribution in [0.2, 0.25) is 4.34 Å². The van der Waals surface area contributed by atoms with Gasteiger partial charge in [0, 0.05) is 0 Å². The molecular formula is C14H10ClNO3S2. The lowest BCUT2D eigenvalue weighted by molar-refractivity contribution is 0.0518. The van der Waals surface area contributed by atoms with Crippen molar-refractivity contribution in [1.82, 2.24) is 4.98 Å². The standard InChI is InChI=1S/C14H10ClNO3S2/c1-2-19-14(18)11-10(12(17)8-4-3-5-20-8)13-7(16-11)6-9(15)21-13/h3-6,16H,2H2,1H3. The largest absolute Gasteiger partial charge is 0.461 e. The number of nitrogens with one attached hydrogen (secondary N) is 1. The molecule has 0 aliphatic carbocycles. The molecule has 3 aromatic rings. The van der Waals surface area contributed by atoms with Crippen LogP contribution < -0.4 is 0 Å². The molecule has 3 rings (SSSR count). The molecule has 4 nitrogen and oxygen atoms in total. The van der Waals surface area contributed by atoms with E-state index in [0.29, 0.717) is 25.0 Å². The third-order valence-electron chi connectivity index (χ3n) is 2.89. The van der Waals surface area contributed by atoms with E-state index >= 15 is 0 Å². The van der Waals surface area contributed by atoms with Crippen molar-refractivity contribution in [3.63, 3.8) is 0 Å². The lowest BCUT2D eigenvalue weighted by Gasteiger charge is -2.02. The Balaban J connectivity index is 2.19. The minimum atomic E-state index is -0.531. The second-order valence-corrected chi connectivity index (χ2v) is 6.83. The van der Waals surface area contributed by atoms with E-state index < -0.39 is 5.97 Å². The summed E-state index contributed by atoms with van der Waals surface area (Å²) in [5, 5.41) is 1.82. The fourth-order valence-corrected chi connectivity index (χ4v) is 3.95. The first kappa shape index (κ1) is 14.3. The minimum Gasteiger partial charge on any atom is -0.461 e. The Bertz CT molecular complexity index is 817. The molecule has 0 aliphatic heterocycles. The molecule has 0 saturated heterocycles. The number of ether oxygens (including phenoxy) is 1. The van der Waals surface area contributed by atoms with Crippen LogP contribution in [0.3, 0.4) is 0 Å². The first-order chi connectivity index (χ1) is 10.1. The fraction of sp³-hybridized carbons (Fsp3) is 0.143. The highest BCUT2D eigenvalue weighted by Crippen LogP contribution is 2.35. The summed E-state index contributed by atoms with van der Waals surface area (Å²) in [5.74, 6) is -0.727. The second kappa shape index (κ2) is 5.63. The van der Waals surface area contributed by atoms with Crippen LogP contribution >= 0.6 is 34.3 Å². The van der Waals surface area contributed by atoms with Gasteiger partial charge in [-0.25, -0.2) is 4.79 Å². The summed E-state index contributed by atoms with van der Waals surface area (Å²) in [6.07, 6.45) is 0. The number of carbonyl (C=O) groups is 2. The van der Waals surface area contributed by atoms with Gasteiger partial charge in [0.25, 0.3) is 0 Å². The van der Waals surface area contributed by atoms with Gasteiger partial charge in [0.1, 0.15) is 5.69 Å². The maximum atomic E-state index is 12.7. The fourth-order valence-electron chi connectivity index (χ4n) is 2.05. The van der Waals surface area contributed by atoms with Crippen LogP contribution in [0.25, 0.3) is 10.2 Å². The van der Waals surface area contributed by atoms with Crippen molar-refractivity contribution in [1.29, 1.82) is 0 Å². The molecule has 0 amide bonds. The lowest BCUT2D eigenvalue weighted by atomic mass is 10.1. The van der Waals surface area contributed by atoms with E-state index in [1.165, 1.54) is 22.7 Å². The highest BCUT2D eigenvalue weighted by atomic mass is 35.5. The van der Waals surface area contributed by atoms with Gasteiger partial charge >= 0.3 is 5.97 Å². The van der Waals surface area contributed by atoms with Gasteiger partial charge in [-0.3, -0.25) is 4.79 Å². The first-order valence-corrected chi connectivity index (χ1v) is 8.25. The van der Waals surface area contributed by atoms with Crippen molar-refractivity contribution in [2.45, 2.75) is 6.92 Å². The van der Waals surface area contributed by atoms with Crippen LogP contribution in [-0.4, -0.2) is 23.3 Å². The molecule has 0 radical (unpaired) electrons. The normalized spacial score (nSPS) is 11.0. The van der Waals surface area contributed by atoms with E-state index in [0.717, 1.165) is 0 Å². The first-order valence-electron chi connectivity index (χ1n) is 6.18. The number of hydrogen-bond acceptors (Lipinski definition) is 5. The molecule has 0 spiro atoms. The van der Waals surface area contributed by atoms with Gasteiger partial charge in [-0.05, 0) is 24.4 Å². The summed E-state index contributed by atoms with van der Waals surface area (Å²) in [7, 11) is 0. The summed E-state index contributed by atoms with van der Waals surface area (Å²) < 4.78 is 6.26. The number of thiophene rings is 2. The lowest BCUT2D eigenvalue weighted by Crippen LogP contribution is -2.11. The summed E-state index contributed by atoms with van der Waals surface area (Å²) in [4.78, 5) is 28.3. The highest BCUT2D eigenvalue weighted by Gasteiger charge is 2.27. The SMILES string of the molecule is CCOC(=O)c1[nH]c2cc(Cl)sc2c1C(=O)c1cccs1. The molecule has 0 aliphatic rings. The zero-order valence-electron chi connectivity index (χ0n) is 10.9. The molecule has 0 unspecified atom stereocenters. The third kappa shape index (κ3) is 2.50. The monoisotopic (exact) mass is 339 g/mol. The molecule has 0 atom stereocenters. The van der Waals surface area contributed by atoms with Crippen molar-refractivity contribution in [2.75, 3.05) is 6.61 Å². The Labute approximate surface area is 133 Å². The zero-order valence-corrected chi connectivity index (χ0v) is 13.3. The number of rotatable bonds is 4. The number of aromatic nitrogens is 1. The highest BCUT2D eigenvalue weighted by molar-refractivity contribution is 7.23. The van der Waals surface area contributed by atoms with Crippen LogP contribution in [0.15, 0.2) is 23.6 Å². The summed E-state index contributed by atoms with van der Waals surface area (Å²) in [6, 6.07) is 5.23. The van der Waals surface area contributed by atoms with Crippen molar-refractivity contribution >= 4 is 56.2 Å². The molecule has 0 aromatic carbocycles. The maximum absolute atomic E-state index is 12.7. The van der Waals surface area contributed by atoms with E-state index in [1.54, 1.807) is 25.1 Å². The van der Waals surface area contributed by atoms with Crippen molar-refractivity contribution < 1.29 is 14.3 Å². The molecule has 3 aromatic heterocycles. The van der Waals surface area contributed by atoms with Gasteiger partial charge in [-0.15, -0.1) is 22.7 Å². The Morgan fingerprint density at radius 2 is 2.24 bits per heavy atom. The molecule has 108 valence electrons. The summed E-state index contributed by atoms with van der Waals surface area (Å²) >= 11 is 8.60. The predicted octanol–water partition coefficient (Wildman–Crippen LogP) is 4.35. The predicted molar refractivity (Wildman–Crippen MR) is 84.9 cm³/mol. The molecule has 21 heavy (non-hydrogen) atoms. The summed E-state index contributed by atoms with van der Waals surface area (Å²) in [6.45, 7) is 1.97. The topological polar surface area (TPSA) is 59.2 Å². The van der Waals surface area contributed by atoms with Gasteiger partial charge in [0.2, 0.25) is 5.78 Å². The van der Waals surface area contributed by atoms with E-state index in [4.69, 9.17) is 16.3 Å². The van der Waals surface area contributed by atoms with Gasteiger partial charge in [0.15, 0.2) is 0 Å². The number of aromatic amines is 1. The van der Waals surface area contributed by atoms with E-state index in [-0.39, 0.29) is 18.1 Å². The average Bonchev–Trinajstić information content (AvgIpc) is 3.12. The minimum absolute atomic E-state index is 0.188. The number of hydrogen-bond donors (Lipinski definition) is 1. The molecule has 0 fully saturated rings. The van der Waals surface area contributed by atoms with E-state index in [9.17, 15) is 9.59 Å². The Kier molecular flexibility index (Phi) is 3.84. The Morgan fingerprint density at radius 3 is 2.90 bits per heavy atom. The number of ketones is 1. The second-order valence-electron chi connectivity index (χ2n) is 4.20. The molecule has 1 N–H and O–H groups in total. The maximum Gasteiger partial charge on any atom is 0.355 e. The van der Waals surface area contributed by atoms with Crippen LogP contribution in [-0.2, 0) is 4.74 Å².